The Hall–Kier alpha value is -3.52. The summed E-state index contributed by atoms with van der Waals surface area (Å²) in [6, 6.07) is 16.6. The van der Waals surface area contributed by atoms with Crippen molar-refractivity contribution in [3.05, 3.63) is 54.1 Å². The van der Waals surface area contributed by atoms with Crippen molar-refractivity contribution in [2.24, 2.45) is 0 Å². The quantitative estimate of drug-likeness (QED) is 0.414. The summed E-state index contributed by atoms with van der Waals surface area (Å²) in [5, 5.41) is 9.83. The Morgan fingerprint density at radius 3 is 2.50 bits per heavy atom. The van der Waals surface area contributed by atoms with Crippen LogP contribution >= 0.6 is 0 Å². The van der Waals surface area contributed by atoms with E-state index in [2.05, 4.69) is 15.0 Å². The lowest BCUT2D eigenvalue weighted by Crippen LogP contribution is -2.52. The minimum Gasteiger partial charge on any atom is -0.339 e. The molecule has 0 unspecified atom stereocenters. The van der Waals surface area contributed by atoms with E-state index in [1.165, 1.54) is 37.7 Å². The highest BCUT2D eigenvalue weighted by molar-refractivity contribution is 5.92. The van der Waals surface area contributed by atoms with Gasteiger partial charge in [0, 0.05) is 43.2 Å². The highest BCUT2D eigenvalue weighted by Crippen LogP contribution is 2.29. The number of aryl methyl sites for hydroxylation is 1. The molecule has 8 nitrogen and oxygen atoms in total. The van der Waals surface area contributed by atoms with Crippen LogP contribution in [-0.4, -0.2) is 67.8 Å². The normalized spacial score (nSPS) is 17.6. The molecule has 0 spiro atoms. The first-order valence-electron chi connectivity index (χ1n) is 13.0. The Morgan fingerprint density at radius 2 is 1.72 bits per heavy atom. The minimum atomic E-state index is 0.101. The van der Waals surface area contributed by atoms with Gasteiger partial charge in [0.25, 0.3) is 5.89 Å². The van der Waals surface area contributed by atoms with E-state index in [1.807, 2.05) is 60.4 Å². The summed E-state index contributed by atoms with van der Waals surface area (Å²) in [6.45, 7) is 5.73. The first-order chi connectivity index (χ1) is 17.7. The van der Waals surface area contributed by atoms with Crippen LogP contribution in [0.1, 0.15) is 37.7 Å². The van der Waals surface area contributed by atoms with Crippen LogP contribution in [0.3, 0.4) is 0 Å². The average Bonchev–Trinajstić information content (AvgIpc) is 3.55. The molecule has 1 aliphatic carbocycles. The third-order valence-corrected chi connectivity index (χ3v) is 7.64. The zero-order chi connectivity index (χ0) is 24.5. The first-order valence-corrected chi connectivity index (χ1v) is 13.0. The van der Waals surface area contributed by atoms with Crippen molar-refractivity contribution < 1.29 is 9.32 Å². The number of benzene rings is 2. The zero-order valence-electron chi connectivity index (χ0n) is 20.8. The summed E-state index contributed by atoms with van der Waals surface area (Å²) in [5.74, 6) is 0.980. The van der Waals surface area contributed by atoms with Crippen LogP contribution in [0.5, 0.6) is 0 Å². The van der Waals surface area contributed by atoms with E-state index in [1.54, 1.807) is 4.68 Å². The van der Waals surface area contributed by atoms with Gasteiger partial charge < -0.3 is 9.42 Å². The van der Waals surface area contributed by atoms with Gasteiger partial charge in [-0.1, -0.05) is 72.4 Å². The van der Waals surface area contributed by atoms with Gasteiger partial charge in [0.1, 0.15) is 6.54 Å². The number of carbonyl (C=O) groups is 1. The highest BCUT2D eigenvalue weighted by Gasteiger charge is 2.28. The van der Waals surface area contributed by atoms with Crippen molar-refractivity contribution in [2.75, 3.05) is 26.2 Å². The molecule has 0 bridgehead atoms. The van der Waals surface area contributed by atoms with Crippen LogP contribution in [-0.2, 0) is 11.3 Å². The lowest BCUT2D eigenvalue weighted by Gasteiger charge is -2.40. The molecule has 1 aliphatic heterocycles. The number of amides is 1. The van der Waals surface area contributed by atoms with E-state index in [9.17, 15) is 4.79 Å². The molecule has 0 radical (unpaired) electrons. The van der Waals surface area contributed by atoms with Crippen molar-refractivity contribution in [3.8, 4) is 23.0 Å². The van der Waals surface area contributed by atoms with E-state index >= 15 is 0 Å². The molecule has 0 atom stereocenters. The van der Waals surface area contributed by atoms with Gasteiger partial charge in [-0.2, -0.15) is 10.1 Å². The van der Waals surface area contributed by atoms with Crippen molar-refractivity contribution in [2.45, 2.75) is 51.6 Å². The third kappa shape index (κ3) is 4.53. The molecule has 0 N–H and O–H groups in total. The second kappa shape index (κ2) is 9.85. The van der Waals surface area contributed by atoms with E-state index in [4.69, 9.17) is 9.62 Å². The van der Waals surface area contributed by atoms with Crippen molar-refractivity contribution in [1.29, 1.82) is 0 Å². The van der Waals surface area contributed by atoms with Crippen LogP contribution in [0, 0.1) is 6.92 Å². The first kappa shape index (κ1) is 22.9. The van der Waals surface area contributed by atoms with E-state index in [0.717, 1.165) is 42.6 Å². The van der Waals surface area contributed by atoms with Crippen molar-refractivity contribution in [3.63, 3.8) is 0 Å². The second-order valence-electron chi connectivity index (χ2n) is 10.0. The Morgan fingerprint density at radius 1 is 0.972 bits per heavy atom. The minimum absolute atomic E-state index is 0.101. The summed E-state index contributed by atoms with van der Waals surface area (Å²) in [4.78, 5) is 22.4. The van der Waals surface area contributed by atoms with Gasteiger partial charge in [0.2, 0.25) is 11.7 Å². The molecular formula is C28H32N6O2. The second-order valence-corrected chi connectivity index (χ2v) is 10.0. The molecule has 4 aromatic rings. The van der Waals surface area contributed by atoms with Crippen LogP contribution in [0.2, 0.25) is 0 Å². The predicted molar refractivity (Wildman–Crippen MR) is 138 cm³/mol. The van der Waals surface area contributed by atoms with Crippen molar-refractivity contribution >= 4 is 16.8 Å². The molecule has 186 valence electrons. The molecule has 2 aromatic carbocycles. The van der Waals surface area contributed by atoms with Crippen LogP contribution in [0.4, 0.5) is 0 Å². The number of carbonyl (C=O) groups excluding carboxylic acids is 1. The van der Waals surface area contributed by atoms with Crippen molar-refractivity contribution in [1.82, 2.24) is 29.7 Å². The molecule has 1 saturated heterocycles. The summed E-state index contributed by atoms with van der Waals surface area (Å²) in [7, 11) is 0. The average molecular weight is 485 g/mol. The number of hydrogen-bond acceptors (Lipinski definition) is 6. The lowest BCUT2D eigenvalue weighted by molar-refractivity contribution is -0.134. The van der Waals surface area contributed by atoms with Gasteiger partial charge in [-0.05, 0) is 25.8 Å². The molecule has 3 heterocycles. The van der Waals surface area contributed by atoms with Crippen LogP contribution in [0.15, 0.2) is 53.1 Å². The monoisotopic (exact) mass is 484 g/mol. The number of aromatic nitrogens is 4. The molecule has 6 rings (SSSR count). The fraction of sp³-hybridized carbons (Fsp3) is 0.429. The number of piperazine rings is 1. The fourth-order valence-electron chi connectivity index (χ4n) is 5.56. The SMILES string of the molecule is Cc1ccc(-c2noc(-c3nn(CC(=O)N4CCN(C5CCCCC5)CC4)c4ccccc34)n2)cc1. The maximum Gasteiger partial charge on any atom is 0.279 e. The molecule has 2 aromatic heterocycles. The van der Waals surface area contributed by atoms with Gasteiger partial charge >= 0.3 is 0 Å². The molecule has 2 aliphatic rings. The maximum absolute atomic E-state index is 13.3. The van der Waals surface area contributed by atoms with Gasteiger partial charge in [0.05, 0.1) is 5.52 Å². The topological polar surface area (TPSA) is 80.3 Å². The van der Waals surface area contributed by atoms with E-state index in [-0.39, 0.29) is 12.5 Å². The Labute approximate surface area is 210 Å². The number of rotatable bonds is 5. The van der Waals surface area contributed by atoms with E-state index in [0.29, 0.717) is 23.5 Å². The van der Waals surface area contributed by atoms with Gasteiger partial charge in [0.15, 0.2) is 5.69 Å². The number of hydrogen-bond donors (Lipinski definition) is 0. The summed E-state index contributed by atoms with van der Waals surface area (Å²) >= 11 is 0. The third-order valence-electron chi connectivity index (χ3n) is 7.64. The number of para-hydroxylation sites is 1. The smallest absolute Gasteiger partial charge is 0.279 e. The van der Waals surface area contributed by atoms with Crippen LogP contribution < -0.4 is 0 Å². The van der Waals surface area contributed by atoms with Gasteiger partial charge in [-0.25, -0.2) is 0 Å². The maximum atomic E-state index is 13.3. The molecule has 2 fully saturated rings. The van der Waals surface area contributed by atoms with Gasteiger partial charge in [-0.3, -0.25) is 14.4 Å². The lowest BCUT2D eigenvalue weighted by atomic mass is 9.94. The Bertz CT molecular complexity index is 1340. The van der Waals surface area contributed by atoms with Crippen LogP contribution in [0.25, 0.3) is 33.9 Å². The molecule has 1 saturated carbocycles. The molecule has 8 heteroatoms. The number of fused-ring (bicyclic) bond motifs is 1. The zero-order valence-corrected chi connectivity index (χ0v) is 20.8. The molecule has 36 heavy (non-hydrogen) atoms. The summed E-state index contributed by atoms with van der Waals surface area (Å²) < 4.78 is 7.38. The Balaban J connectivity index is 1.19. The predicted octanol–water partition coefficient (Wildman–Crippen LogP) is 4.54. The number of nitrogens with zero attached hydrogens (tertiary/aromatic N) is 6. The largest absolute Gasteiger partial charge is 0.339 e. The molecule has 1 amide bonds. The standard InChI is InChI=1S/C28H32N6O2/c1-20-11-13-21(14-12-20)27-29-28(36-31-27)26-23-9-5-6-10-24(23)34(30-26)19-25(35)33-17-15-32(16-18-33)22-7-3-2-4-8-22/h5-6,9-14,22H,2-4,7-8,15-19H2,1H3. The summed E-state index contributed by atoms with van der Waals surface area (Å²) in [5.41, 5.74) is 3.55. The van der Waals surface area contributed by atoms with E-state index < -0.39 is 0 Å². The fourth-order valence-corrected chi connectivity index (χ4v) is 5.56. The molecular weight excluding hydrogens is 452 g/mol. The highest BCUT2D eigenvalue weighted by atomic mass is 16.5. The van der Waals surface area contributed by atoms with Gasteiger partial charge in [-0.15, -0.1) is 0 Å². The summed E-state index contributed by atoms with van der Waals surface area (Å²) in [6.07, 6.45) is 6.65. The Kier molecular flexibility index (Phi) is 6.27.